The van der Waals surface area contributed by atoms with Crippen LogP contribution in [0.25, 0.3) is 0 Å². The molecule has 0 radical (unpaired) electrons. The van der Waals surface area contributed by atoms with E-state index in [1.54, 1.807) is 7.11 Å². The highest BCUT2D eigenvalue weighted by atomic mass is 79.9. The summed E-state index contributed by atoms with van der Waals surface area (Å²) in [5, 5.41) is 0. The zero-order valence-electron chi connectivity index (χ0n) is 12.6. The third-order valence-corrected chi connectivity index (χ3v) is 5.83. The van der Waals surface area contributed by atoms with Crippen LogP contribution >= 0.6 is 15.9 Å². The Hall–Kier alpha value is -0.830. The molecule has 0 spiro atoms. The topological polar surface area (TPSA) is 26.3 Å². The van der Waals surface area contributed by atoms with E-state index in [1.165, 1.54) is 32.1 Å². The molecule has 3 atom stereocenters. The predicted octanol–water partition coefficient (Wildman–Crippen LogP) is 5.25. The molecule has 2 aliphatic rings. The van der Waals surface area contributed by atoms with Gasteiger partial charge in [-0.1, -0.05) is 41.6 Å². The first-order valence-corrected chi connectivity index (χ1v) is 8.86. The van der Waals surface area contributed by atoms with Crippen molar-refractivity contribution in [1.29, 1.82) is 0 Å². The van der Waals surface area contributed by atoms with E-state index in [4.69, 9.17) is 4.74 Å². The van der Waals surface area contributed by atoms with Gasteiger partial charge in [-0.2, -0.15) is 0 Å². The normalized spacial score (nSPS) is 28.8. The summed E-state index contributed by atoms with van der Waals surface area (Å²) in [5.41, 5.74) is 0.742. The molecule has 0 saturated heterocycles. The molecule has 0 aromatic heterocycles. The maximum Gasteiger partial charge on any atom is 0.169 e. The number of hydrogen-bond acceptors (Lipinski definition) is 2. The molecular formula is C18H23BrO2. The number of halogens is 1. The van der Waals surface area contributed by atoms with E-state index in [9.17, 15) is 4.79 Å². The van der Waals surface area contributed by atoms with Gasteiger partial charge in [-0.25, -0.2) is 0 Å². The smallest absolute Gasteiger partial charge is 0.169 e. The van der Waals surface area contributed by atoms with Crippen LogP contribution in [0.15, 0.2) is 22.7 Å². The summed E-state index contributed by atoms with van der Waals surface area (Å²) < 4.78 is 6.32. The van der Waals surface area contributed by atoms with Crippen LogP contribution in [0.1, 0.15) is 55.3 Å². The number of Topliss-reactive ketones (excluding diaryl/α,β-unsaturated/α-hetero) is 1. The van der Waals surface area contributed by atoms with Crippen molar-refractivity contribution < 1.29 is 9.53 Å². The van der Waals surface area contributed by atoms with Gasteiger partial charge >= 0.3 is 0 Å². The summed E-state index contributed by atoms with van der Waals surface area (Å²) in [4.78, 5) is 12.9. The van der Waals surface area contributed by atoms with Gasteiger partial charge in [0.15, 0.2) is 5.78 Å². The molecule has 0 heterocycles. The highest BCUT2D eigenvalue weighted by Crippen LogP contribution is 2.44. The maximum atomic E-state index is 12.9. The monoisotopic (exact) mass is 350 g/mol. The Morgan fingerprint density at radius 1 is 1.14 bits per heavy atom. The van der Waals surface area contributed by atoms with Gasteiger partial charge in [0.25, 0.3) is 0 Å². The molecule has 0 aliphatic heterocycles. The van der Waals surface area contributed by atoms with Gasteiger partial charge in [0, 0.05) is 10.4 Å². The van der Waals surface area contributed by atoms with Crippen LogP contribution in [-0.2, 0) is 0 Å². The van der Waals surface area contributed by atoms with Gasteiger partial charge in [-0.05, 0) is 49.3 Å². The zero-order chi connectivity index (χ0) is 14.8. The molecular weight excluding hydrogens is 328 g/mol. The number of carbonyl (C=O) groups excluding carboxylic acids is 1. The summed E-state index contributed by atoms with van der Waals surface area (Å²) in [6.45, 7) is 0. The van der Waals surface area contributed by atoms with Gasteiger partial charge in [-0.15, -0.1) is 0 Å². The molecule has 114 valence electrons. The summed E-state index contributed by atoms with van der Waals surface area (Å²) in [5.74, 6) is 2.82. The standard InChI is InChI=1S/C18H23BrO2/c1-21-17-9-8-15(19)11-16(17)18(20)14-7-6-12-4-2-3-5-13(12)10-14/h8-9,11-14H,2-7,10H2,1H3. The van der Waals surface area contributed by atoms with Crippen LogP contribution in [-0.4, -0.2) is 12.9 Å². The molecule has 2 aliphatic carbocycles. The van der Waals surface area contributed by atoms with E-state index in [1.807, 2.05) is 18.2 Å². The van der Waals surface area contributed by atoms with Gasteiger partial charge in [0.1, 0.15) is 5.75 Å². The lowest BCUT2D eigenvalue weighted by Gasteiger charge is -2.38. The Balaban J connectivity index is 1.77. The van der Waals surface area contributed by atoms with Crippen molar-refractivity contribution in [3.8, 4) is 5.75 Å². The molecule has 0 bridgehead atoms. The maximum absolute atomic E-state index is 12.9. The summed E-state index contributed by atoms with van der Waals surface area (Å²) >= 11 is 3.47. The SMILES string of the molecule is COc1ccc(Br)cc1C(=O)C1CCC2CCCCC2C1. The van der Waals surface area contributed by atoms with E-state index in [2.05, 4.69) is 15.9 Å². The average Bonchev–Trinajstić information content (AvgIpc) is 2.53. The fourth-order valence-electron chi connectivity index (χ4n) is 4.20. The van der Waals surface area contributed by atoms with Crippen molar-refractivity contribution in [2.75, 3.05) is 7.11 Å². The van der Waals surface area contributed by atoms with Crippen LogP contribution < -0.4 is 4.74 Å². The predicted molar refractivity (Wildman–Crippen MR) is 87.8 cm³/mol. The lowest BCUT2D eigenvalue weighted by Crippen LogP contribution is -2.31. The van der Waals surface area contributed by atoms with Crippen molar-refractivity contribution in [2.24, 2.45) is 17.8 Å². The van der Waals surface area contributed by atoms with Crippen LogP contribution in [0.5, 0.6) is 5.75 Å². The summed E-state index contributed by atoms with van der Waals surface area (Å²) in [6, 6.07) is 5.71. The third-order valence-electron chi connectivity index (χ3n) is 5.34. The minimum Gasteiger partial charge on any atom is -0.496 e. The molecule has 2 nitrogen and oxygen atoms in total. The first-order valence-electron chi connectivity index (χ1n) is 8.07. The fourth-order valence-corrected chi connectivity index (χ4v) is 4.57. The molecule has 2 fully saturated rings. The van der Waals surface area contributed by atoms with Crippen molar-refractivity contribution in [3.63, 3.8) is 0 Å². The van der Waals surface area contributed by atoms with Gasteiger partial charge in [0.2, 0.25) is 0 Å². The summed E-state index contributed by atoms with van der Waals surface area (Å²) in [6.07, 6.45) is 8.81. The second-order valence-electron chi connectivity index (χ2n) is 6.52. The number of benzene rings is 1. The average molecular weight is 351 g/mol. The Labute approximate surface area is 135 Å². The zero-order valence-corrected chi connectivity index (χ0v) is 14.2. The van der Waals surface area contributed by atoms with Crippen LogP contribution in [0.3, 0.4) is 0 Å². The first kappa shape index (κ1) is 15.1. The number of rotatable bonds is 3. The molecule has 3 unspecified atom stereocenters. The molecule has 2 saturated carbocycles. The molecule has 21 heavy (non-hydrogen) atoms. The van der Waals surface area contributed by atoms with Crippen LogP contribution in [0.2, 0.25) is 0 Å². The molecule has 3 heteroatoms. The molecule has 1 aromatic rings. The molecule has 0 N–H and O–H groups in total. The number of carbonyl (C=O) groups is 1. The van der Waals surface area contributed by atoms with Crippen molar-refractivity contribution in [1.82, 2.24) is 0 Å². The first-order chi connectivity index (χ1) is 10.2. The summed E-state index contributed by atoms with van der Waals surface area (Å²) in [7, 11) is 1.64. The van der Waals surface area contributed by atoms with E-state index < -0.39 is 0 Å². The minimum atomic E-state index is 0.188. The van der Waals surface area contributed by atoms with E-state index in [-0.39, 0.29) is 11.7 Å². The second kappa shape index (κ2) is 6.51. The number of ketones is 1. The van der Waals surface area contributed by atoms with Gasteiger partial charge in [0.05, 0.1) is 12.7 Å². The second-order valence-corrected chi connectivity index (χ2v) is 7.44. The largest absolute Gasteiger partial charge is 0.496 e. The molecule has 0 amide bonds. The minimum absolute atomic E-state index is 0.188. The van der Waals surface area contributed by atoms with Crippen molar-refractivity contribution in [2.45, 2.75) is 44.9 Å². The Morgan fingerprint density at radius 3 is 2.67 bits per heavy atom. The third kappa shape index (κ3) is 3.18. The van der Waals surface area contributed by atoms with E-state index in [0.717, 1.165) is 34.7 Å². The van der Waals surface area contributed by atoms with Crippen LogP contribution in [0.4, 0.5) is 0 Å². The quantitative estimate of drug-likeness (QED) is 0.696. The number of ether oxygens (including phenoxy) is 1. The Kier molecular flexibility index (Phi) is 4.68. The Morgan fingerprint density at radius 2 is 1.90 bits per heavy atom. The number of methoxy groups -OCH3 is 1. The van der Waals surface area contributed by atoms with Crippen molar-refractivity contribution >= 4 is 21.7 Å². The highest BCUT2D eigenvalue weighted by molar-refractivity contribution is 9.10. The van der Waals surface area contributed by atoms with E-state index >= 15 is 0 Å². The van der Waals surface area contributed by atoms with Gasteiger partial charge in [-0.3, -0.25) is 4.79 Å². The van der Waals surface area contributed by atoms with Crippen molar-refractivity contribution in [3.05, 3.63) is 28.2 Å². The molecule has 1 aromatic carbocycles. The van der Waals surface area contributed by atoms with Gasteiger partial charge < -0.3 is 4.74 Å². The lowest BCUT2D eigenvalue weighted by atomic mass is 9.66. The fraction of sp³-hybridized carbons (Fsp3) is 0.611. The van der Waals surface area contributed by atoms with Crippen LogP contribution in [0, 0.1) is 17.8 Å². The van der Waals surface area contributed by atoms with E-state index in [0.29, 0.717) is 5.75 Å². The molecule has 3 rings (SSSR count). The number of fused-ring (bicyclic) bond motifs is 1. The lowest BCUT2D eigenvalue weighted by molar-refractivity contribution is 0.0760. The highest BCUT2D eigenvalue weighted by Gasteiger charge is 2.35. The Bertz CT molecular complexity index is 526. The number of hydrogen-bond donors (Lipinski definition) is 0.